The van der Waals surface area contributed by atoms with Crippen molar-refractivity contribution >= 4 is 6.08 Å². The predicted octanol–water partition coefficient (Wildman–Crippen LogP) is 3.66. The molecule has 1 aromatic heterocycles. The molecule has 100 valence electrons. The van der Waals surface area contributed by atoms with Crippen LogP contribution in [0, 0.1) is 0 Å². The highest BCUT2D eigenvalue weighted by atomic mass is 15.0. The molecule has 1 N–H and O–H groups in total. The fourth-order valence-corrected chi connectivity index (χ4v) is 3.40. The number of aromatic nitrogens is 1. The van der Waals surface area contributed by atoms with Gasteiger partial charge in [-0.1, -0.05) is 42.0 Å². The molecular weight excluding hydrogens is 244 g/mol. The highest BCUT2D eigenvalue weighted by Gasteiger charge is 2.34. The second-order valence-corrected chi connectivity index (χ2v) is 5.79. The van der Waals surface area contributed by atoms with Crippen molar-refractivity contribution in [1.29, 1.82) is 0 Å². The van der Waals surface area contributed by atoms with Gasteiger partial charge in [-0.15, -0.1) is 0 Å². The lowest BCUT2D eigenvalue weighted by molar-refractivity contribution is 0.647. The number of benzene rings is 1. The van der Waals surface area contributed by atoms with Gasteiger partial charge in [0, 0.05) is 30.0 Å². The van der Waals surface area contributed by atoms with Gasteiger partial charge >= 0.3 is 0 Å². The Hall–Kier alpha value is -1.93. The van der Waals surface area contributed by atoms with E-state index < -0.39 is 0 Å². The average Bonchev–Trinajstić information content (AvgIpc) is 3.11. The molecule has 2 aromatic rings. The minimum Gasteiger partial charge on any atom is -0.307 e. The van der Waals surface area contributed by atoms with Crippen molar-refractivity contribution in [3.05, 3.63) is 59.9 Å². The number of nitrogens with one attached hydrogen (secondary N) is 1. The van der Waals surface area contributed by atoms with Crippen molar-refractivity contribution in [2.45, 2.75) is 31.3 Å². The first-order chi connectivity index (χ1) is 9.88. The molecule has 2 nitrogen and oxygen atoms in total. The van der Waals surface area contributed by atoms with Crippen LogP contribution in [0.25, 0.3) is 17.2 Å². The molecule has 0 saturated carbocycles. The zero-order valence-electron chi connectivity index (χ0n) is 11.4. The molecule has 2 saturated heterocycles. The molecule has 0 aliphatic carbocycles. The van der Waals surface area contributed by atoms with Gasteiger partial charge in [0.1, 0.15) is 0 Å². The summed E-state index contributed by atoms with van der Waals surface area (Å²) in [7, 11) is 0. The Morgan fingerprint density at radius 3 is 2.70 bits per heavy atom. The molecule has 3 heterocycles. The molecule has 2 bridgehead atoms. The maximum atomic E-state index is 4.40. The largest absolute Gasteiger partial charge is 0.307 e. The third-order valence-corrected chi connectivity index (χ3v) is 4.39. The summed E-state index contributed by atoms with van der Waals surface area (Å²) in [6, 6.07) is 14.0. The van der Waals surface area contributed by atoms with Crippen molar-refractivity contribution in [3.63, 3.8) is 0 Å². The predicted molar refractivity (Wildman–Crippen MR) is 82.2 cm³/mol. The summed E-state index contributed by atoms with van der Waals surface area (Å²) in [5.74, 6) is 0. The lowest BCUT2D eigenvalue weighted by Crippen LogP contribution is -2.18. The van der Waals surface area contributed by atoms with Gasteiger partial charge in [-0.3, -0.25) is 4.98 Å². The van der Waals surface area contributed by atoms with E-state index in [1.54, 1.807) is 5.57 Å². The Morgan fingerprint density at radius 2 is 1.95 bits per heavy atom. The number of rotatable bonds is 2. The van der Waals surface area contributed by atoms with Crippen LogP contribution in [0.1, 0.15) is 24.8 Å². The van der Waals surface area contributed by atoms with Gasteiger partial charge in [0.05, 0.1) is 0 Å². The van der Waals surface area contributed by atoms with Crippen LogP contribution in [0.3, 0.4) is 0 Å². The summed E-state index contributed by atoms with van der Waals surface area (Å²) < 4.78 is 0. The zero-order valence-corrected chi connectivity index (χ0v) is 11.4. The lowest BCUT2D eigenvalue weighted by atomic mass is 9.93. The third-order valence-electron chi connectivity index (χ3n) is 4.39. The maximum Gasteiger partial charge on any atom is 0.0346 e. The summed E-state index contributed by atoms with van der Waals surface area (Å²) >= 11 is 0. The Bertz CT molecular complexity index is 645. The molecule has 20 heavy (non-hydrogen) atoms. The van der Waals surface area contributed by atoms with E-state index in [0.717, 1.165) is 6.04 Å². The summed E-state index contributed by atoms with van der Waals surface area (Å²) in [4.78, 5) is 4.40. The molecule has 2 heteroatoms. The van der Waals surface area contributed by atoms with Crippen molar-refractivity contribution in [2.75, 3.05) is 0 Å². The van der Waals surface area contributed by atoms with Gasteiger partial charge in [0.2, 0.25) is 0 Å². The van der Waals surface area contributed by atoms with Crippen molar-refractivity contribution < 1.29 is 0 Å². The Balaban J connectivity index is 1.65. The van der Waals surface area contributed by atoms with Crippen molar-refractivity contribution in [2.24, 2.45) is 0 Å². The molecule has 2 fully saturated rings. The summed E-state index contributed by atoms with van der Waals surface area (Å²) in [5, 5.41) is 3.66. The molecule has 2 aliphatic heterocycles. The van der Waals surface area contributed by atoms with E-state index in [0.29, 0.717) is 6.04 Å². The van der Waals surface area contributed by atoms with Crippen molar-refractivity contribution in [1.82, 2.24) is 10.3 Å². The molecular formula is C18H18N2. The molecule has 1 aromatic carbocycles. The van der Waals surface area contributed by atoms with E-state index in [1.165, 1.54) is 36.0 Å². The van der Waals surface area contributed by atoms with Gasteiger partial charge in [-0.25, -0.2) is 0 Å². The Morgan fingerprint density at radius 1 is 1.05 bits per heavy atom. The SMILES string of the molecule is C(=C1CC2CCC1N2)c1cncc(-c2ccccc2)c1. The number of fused-ring (bicyclic) bond motifs is 2. The number of pyridine rings is 1. The first-order valence-corrected chi connectivity index (χ1v) is 7.35. The molecule has 0 radical (unpaired) electrons. The van der Waals surface area contributed by atoms with Gasteiger partial charge in [0.25, 0.3) is 0 Å². The maximum absolute atomic E-state index is 4.40. The monoisotopic (exact) mass is 262 g/mol. The minimum absolute atomic E-state index is 0.611. The molecule has 0 spiro atoms. The van der Waals surface area contributed by atoms with Crippen LogP contribution in [0.4, 0.5) is 0 Å². The van der Waals surface area contributed by atoms with Crippen LogP contribution in [0.5, 0.6) is 0 Å². The van der Waals surface area contributed by atoms with E-state index in [1.807, 2.05) is 18.5 Å². The van der Waals surface area contributed by atoms with Crippen LogP contribution in [0.2, 0.25) is 0 Å². The third kappa shape index (κ3) is 2.16. The van der Waals surface area contributed by atoms with Crippen LogP contribution < -0.4 is 5.32 Å². The smallest absolute Gasteiger partial charge is 0.0346 e. The van der Waals surface area contributed by atoms with Gasteiger partial charge < -0.3 is 5.32 Å². The second-order valence-electron chi connectivity index (χ2n) is 5.79. The van der Waals surface area contributed by atoms with E-state index in [2.05, 4.69) is 46.7 Å². The van der Waals surface area contributed by atoms with Crippen LogP contribution >= 0.6 is 0 Å². The first kappa shape index (κ1) is 11.9. The van der Waals surface area contributed by atoms with Crippen LogP contribution in [-0.2, 0) is 0 Å². The standard InChI is InChI=1S/C18H18N2/c1-2-4-14(5-3-1)16-9-13(11-19-12-16)8-15-10-17-6-7-18(15)20-17/h1-5,8-9,11-12,17-18,20H,6-7,10H2. The summed E-state index contributed by atoms with van der Waals surface area (Å²) in [5.41, 5.74) is 5.19. The lowest BCUT2D eigenvalue weighted by Gasteiger charge is -2.11. The molecule has 2 aliphatic rings. The first-order valence-electron chi connectivity index (χ1n) is 7.35. The van der Waals surface area contributed by atoms with Crippen molar-refractivity contribution in [3.8, 4) is 11.1 Å². The average molecular weight is 262 g/mol. The molecule has 2 atom stereocenters. The van der Waals surface area contributed by atoms with E-state index in [-0.39, 0.29) is 0 Å². The van der Waals surface area contributed by atoms with Gasteiger partial charge in [-0.2, -0.15) is 0 Å². The molecule has 0 amide bonds. The van der Waals surface area contributed by atoms with E-state index in [9.17, 15) is 0 Å². The Labute approximate surface area is 119 Å². The van der Waals surface area contributed by atoms with Gasteiger partial charge in [-0.05, 0) is 36.5 Å². The fraction of sp³-hybridized carbons (Fsp3) is 0.278. The molecule has 4 rings (SSSR count). The summed E-state index contributed by atoms with van der Waals surface area (Å²) in [6.07, 6.45) is 10.1. The Kier molecular flexibility index (Phi) is 2.89. The fourth-order valence-electron chi connectivity index (χ4n) is 3.40. The van der Waals surface area contributed by atoms with E-state index >= 15 is 0 Å². The van der Waals surface area contributed by atoms with Gasteiger partial charge in [0.15, 0.2) is 0 Å². The highest BCUT2D eigenvalue weighted by molar-refractivity contribution is 5.67. The number of hydrogen-bond donors (Lipinski definition) is 1. The summed E-state index contributed by atoms with van der Waals surface area (Å²) in [6.45, 7) is 0. The quantitative estimate of drug-likeness (QED) is 0.893. The normalized spacial score (nSPS) is 26.3. The number of nitrogens with zero attached hydrogens (tertiary/aromatic N) is 1. The van der Waals surface area contributed by atoms with Crippen LogP contribution in [0.15, 0.2) is 54.4 Å². The highest BCUT2D eigenvalue weighted by Crippen LogP contribution is 2.34. The molecule has 2 unspecified atom stereocenters. The van der Waals surface area contributed by atoms with E-state index in [4.69, 9.17) is 0 Å². The minimum atomic E-state index is 0.611. The number of hydrogen-bond acceptors (Lipinski definition) is 2. The topological polar surface area (TPSA) is 24.9 Å². The zero-order chi connectivity index (χ0) is 13.4. The van der Waals surface area contributed by atoms with Crippen LogP contribution in [-0.4, -0.2) is 17.1 Å². The second kappa shape index (κ2) is 4.88.